The van der Waals surface area contributed by atoms with Crippen molar-refractivity contribution in [1.82, 2.24) is 4.90 Å². The van der Waals surface area contributed by atoms with E-state index in [9.17, 15) is 9.18 Å². The van der Waals surface area contributed by atoms with Crippen molar-refractivity contribution in [2.24, 2.45) is 0 Å². The van der Waals surface area contributed by atoms with Crippen LogP contribution in [0.4, 0.5) is 4.39 Å². The van der Waals surface area contributed by atoms with E-state index in [1.54, 1.807) is 23.5 Å². The van der Waals surface area contributed by atoms with Crippen LogP contribution < -0.4 is 0 Å². The second kappa shape index (κ2) is 7.04. The quantitative estimate of drug-likeness (QED) is 0.622. The van der Waals surface area contributed by atoms with Crippen molar-refractivity contribution in [3.05, 3.63) is 92.9 Å². The highest BCUT2D eigenvalue weighted by Gasteiger charge is 2.33. The number of carbonyl (C=O) groups excluding carboxylic acids is 1. The molecule has 0 fully saturated rings. The number of hydrogen-bond acceptors (Lipinski definition) is 2. The maximum absolute atomic E-state index is 13.4. The normalized spacial score (nSPS) is 16.4. The molecule has 0 saturated carbocycles. The van der Waals surface area contributed by atoms with Gasteiger partial charge in [0.2, 0.25) is 0 Å². The largest absolute Gasteiger partial charge is 0.327 e. The maximum Gasteiger partial charge on any atom is 0.254 e. The van der Waals surface area contributed by atoms with Crippen LogP contribution in [0, 0.1) is 5.82 Å². The minimum Gasteiger partial charge on any atom is -0.327 e. The molecule has 2 nitrogen and oxygen atoms in total. The molecule has 4 heteroatoms. The number of nitrogens with zero attached hydrogens (tertiary/aromatic N) is 1. The molecule has 1 aliphatic rings. The maximum atomic E-state index is 13.4. The highest BCUT2D eigenvalue weighted by molar-refractivity contribution is 7.10. The van der Waals surface area contributed by atoms with E-state index in [0.717, 1.165) is 24.0 Å². The lowest BCUT2D eigenvalue weighted by molar-refractivity contribution is 0.0696. The molecule has 0 radical (unpaired) electrons. The van der Waals surface area contributed by atoms with Crippen LogP contribution in [0.3, 0.4) is 0 Å². The predicted molar refractivity (Wildman–Crippen MR) is 103 cm³/mol. The van der Waals surface area contributed by atoms with Crippen LogP contribution in [-0.2, 0) is 12.8 Å². The third-order valence-corrected chi connectivity index (χ3v) is 6.02. The van der Waals surface area contributed by atoms with Gasteiger partial charge in [-0.3, -0.25) is 4.79 Å². The van der Waals surface area contributed by atoms with Crippen molar-refractivity contribution >= 4 is 17.2 Å². The molecule has 26 heavy (non-hydrogen) atoms. The first-order chi connectivity index (χ1) is 12.7. The number of fused-ring (bicyclic) bond motifs is 1. The Labute approximate surface area is 156 Å². The number of halogens is 1. The number of rotatable bonds is 3. The van der Waals surface area contributed by atoms with Gasteiger partial charge in [-0.1, -0.05) is 31.2 Å². The Morgan fingerprint density at radius 3 is 2.54 bits per heavy atom. The van der Waals surface area contributed by atoms with E-state index < -0.39 is 0 Å². The zero-order valence-electron chi connectivity index (χ0n) is 14.6. The molecule has 1 atom stereocenters. The summed E-state index contributed by atoms with van der Waals surface area (Å²) in [5, 5.41) is 2.07. The number of thiophene rings is 1. The molecule has 132 valence electrons. The van der Waals surface area contributed by atoms with Crippen LogP contribution in [0.25, 0.3) is 0 Å². The Morgan fingerprint density at radius 1 is 1.12 bits per heavy atom. The van der Waals surface area contributed by atoms with E-state index in [1.165, 1.54) is 22.6 Å². The highest BCUT2D eigenvalue weighted by atomic mass is 32.1. The van der Waals surface area contributed by atoms with Crippen molar-refractivity contribution in [3.63, 3.8) is 0 Å². The van der Waals surface area contributed by atoms with E-state index >= 15 is 0 Å². The summed E-state index contributed by atoms with van der Waals surface area (Å²) in [5.74, 6) is -0.234. The molecular formula is C22H20FNOS. The van der Waals surface area contributed by atoms with E-state index in [1.807, 2.05) is 29.2 Å². The first-order valence-corrected chi connectivity index (χ1v) is 9.77. The molecule has 0 aliphatic carbocycles. The van der Waals surface area contributed by atoms with Crippen LogP contribution in [0.15, 0.2) is 60.0 Å². The molecule has 0 saturated heterocycles. The van der Waals surface area contributed by atoms with Gasteiger partial charge in [0, 0.05) is 17.0 Å². The molecule has 1 amide bonds. The summed E-state index contributed by atoms with van der Waals surface area (Å²) < 4.78 is 13.4. The SMILES string of the molecule is CCc1ccc(C(=O)N2CCc3sccc3[C@@H]2c2ccc(F)cc2)cc1. The minimum absolute atomic E-state index is 0.0267. The van der Waals surface area contributed by atoms with Crippen LogP contribution in [0.5, 0.6) is 0 Å². The number of amides is 1. The smallest absolute Gasteiger partial charge is 0.254 e. The summed E-state index contributed by atoms with van der Waals surface area (Å²) in [7, 11) is 0. The van der Waals surface area contributed by atoms with Gasteiger partial charge in [0.1, 0.15) is 5.82 Å². The Hall–Kier alpha value is -2.46. The number of aryl methyl sites for hydroxylation is 1. The van der Waals surface area contributed by atoms with Crippen LogP contribution in [-0.4, -0.2) is 17.4 Å². The molecule has 2 heterocycles. The lowest BCUT2D eigenvalue weighted by atomic mass is 9.92. The van der Waals surface area contributed by atoms with Crippen molar-refractivity contribution < 1.29 is 9.18 Å². The molecule has 0 N–H and O–H groups in total. The molecule has 0 spiro atoms. The fourth-order valence-electron chi connectivity index (χ4n) is 3.59. The first kappa shape index (κ1) is 17.0. The van der Waals surface area contributed by atoms with Gasteiger partial charge in [0.05, 0.1) is 6.04 Å². The Kier molecular flexibility index (Phi) is 4.60. The number of carbonyl (C=O) groups is 1. The minimum atomic E-state index is -0.261. The summed E-state index contributed by atoms with van der Waals surface area (Å²) in [6.07, 6.45) is 1.82. The third kappa shape index (κ3) is 3.06. The highest BCUT2D eigenvalue weighted by Crippen LogP contribution is 2.38. The molecule has 4 rings (SSSR count). The van der Waals surface area contributed by atoms with E-state index in [4.69, 9.17) is 0 Å². The lowest BCUT2D eigenvalue weighted by Crippen LogP contribution is -2.40. The molecule has 1 aromatic heterocycles. The molecule has 2 aromatic carbocycles. The predicted octanol–water partition coefficient (Wildman–Crippen LogP) is 5.24. The van der Waals surface area contributed by atoms with E-state index in [0.29, 0.717) is 12.1 Å². The molecular weight excluding hydrogens is 345 g/mol. The number of benzene rings is 2. The van der Waals surface area contributed by atoms with Crippen LogP contribution in [0.2, 0.25) is 0 Å². The third-order valence-electron chi connectivity index (χ3n) is 5.02. The zero-order valence-corrected chi connectivity index (χ0v) is 15.4. The topological polar surface area (TPSA) is 20.3 Å². The molecule has 0 unspecified atom stereocenters. The summed E-state index contributed by atoms with van der Waals surface area (Å²) >= 11 is 1.73. The van der Waals surface area contributed by atoms with Gasteiger partial charge < -0.3 is 4.90 Å². The molecule has 0 bridgehead atoms. The van der Waals surface area contributed by atoms with Gasteiger partial charge in [-0.25, -0.2) is 4.39 Å². The summed E-state index contributed by atoms with van der Waals surface area (Å²) in [6.45, 7) is 2.77. The van der Waals surface area contributed by atoms with Gasteiger partial charge in [-0.15, -0.1) is 11.3 Å². The summed E-state index contributed by atoms with van der Waals surface area (Å²) in [4.78, 5) is 16.5. The van der Waals surface area contributed by atoms with Crippen molar-refractivity contribution in [1.29, 1.82) is 0 Å². The van der Waals surface area contributed by atoms with Crippen LogP contribution >= 0.6 is 11.3 Å². The second-order valence-electron chi connectivity index (χ2n) is 6.55. The zero-order chi connectivity index (χ0) is 18.1. The van der Waals surface area contributed by atoms with Gasteiger partial charge in [-0.2, -0.15) is 0 Å². The summed E-state index contributed by atoms with van der Waals surface area (Å²) in [6, 6.07) is 16.3. The summed E-state index contributed by atoms with van der Waals surface area (Å²) in [5.41, 5.74) is 4.03. The number of hydrogen-bond donors (Lipinski definition) is 0. The van der Waals surface area contributed by atoms with Crippen molar-refractivity contribution in [3.8, 4) is 0 Å². The fraction of sp³-hybridized carbons (Fsp3) is 0.227. The monoisotopic (exact) mass is 365 g/mol. The van der Waals surface area contributed by atoms with E-state index in [2.05, 4.69) is 18.4 Å². The molecule has 3 aromatic rings. The van der Waals surface area contributed by atoms with Gasteiger partial charge >= 0.3 is 0 Å². The van der Waals surface area contributed by atoms with Gasteiger partial charge in [0.25, 0.3) is 5.91 Å². The van der Waals surface area contributed by atoms with Gasteiger partial charge in [-0.05, 0) is 65.2 Å². The first-order valence-electron chi connectivity index (χ1n) is 8.89. The average molecular weight is 365 g/mol. The van der Waals surface area contributed by atoms with Crippen molar-refractivity contribution in [2.75, 3.05) is 6.54 Å². The Balaban J connectivity index is 1.73. The van der Waals surface area contributed by atoms with E-state index in [-0.39, 0.29) is 17.8 Å². The second-order valence-corrected chi connectivity index (χ2v) is 7.55. The average Bonchev–Trinajstić information content (AvgIpc) is 3.16. The lowest BCUT2D eigenvalue weighted by Gasteiger charge is -2.36. The Bertz CT molecular complexity index is 914. The van der Waals surface area contributed by atoms with Crippen LogP contribution in [0.1, 0.15) is 44.9 Å². The fourth-order valence-corrected chi connectivity index (χ4v) is 4.49. The standard InChI is InChI=1S/C22H20FNOS/c1-2-15-3-5-17(6-4-15)22(25)24-13-11-20-19(12-14-26-20)21(24)16-7-9-18(23)10-8-16/h3-10,12,14,21H,2,11,13H2,1H3/t21-/m0/s1. The molecule has 1 aliphatic heterocycles. The Morgan fingerprint density at radius 2 is 1.85 bits per heavy atom. The van der Waals surface area contributed by atoms with Crippen molar-refractivity contribution in [2.45, 2.75) is 25.8 Å². The van der Waals surface area contributed by atoms with Gasteiger partial charge in [0.15, 0.2) is 0 Å².